The van der Waals surface area contributed by atoms with Gasteiger partial charge in [0.25, 0.3) is 0 Å². The van der Waals surface area contributed by atoms with Gasteiger partial charge < -0.3 is 24.8 Å². The maximum Gasteiger partial charge on any atom is 0.348 e. The maximum absolute atomic E-state index is 13.5. The van der Waals surface area contributed by atoms with Gasteiger partial charge in [-0.2, -0.15) is 0 Å². The Morgan fingerprint density at radius 1 is 0.915 bits per heavy atom. The number of thiophene rings is 1. The van der Waals surface area contributed by atoms with Crippen molar-refractivity contribution in [2.45, 2.75) is 58.0 Å². The average molecular weight is 680 g/mol. The summed E-state index contributed by atoms with van der Waals surface area (Å²) in [6.45, 7) is 9.46. The summed E-state index contributed by atoms with van der Waals surface area (Å²) in [5, 5.41) is 14.3. The Balaban J connectivity index is 1.57. The van der Waals surface area contributed by atoms with Gasteiger partial charge in [0, 0.05) is 5.69 Å². The molecule has 2 amide bonds. The topological polar surface area (TPSA) is 151 Å². The van der Waals surface area contributed by atoms with Crippen LogP contribution in [-0.4, -0.2) is 63.6 Å². The molecule has 0 saturated carbocycles. The Labute approximate surface area is 281 Å². The number of carbonyl (C=O) groups excluding carboxylic acids is 4. The number of ether oxygens (including phenoxy) is 3. The van der Waals surface area contributed by atoms with Crippen LogP contribution in [-0.2, 0) is 32.0 Å². The van der Waals surface area contributed by atoms with Crippen molar-refractivity contribution in [3.8, 4) is 11.4 Å². The third kappa shape index (κ3) is 8.98. The summed E-state index contributed by atoms with van der Waals surface area (Å²) in [4.78, 5) is 51.8. The fourth-order valence-corrected chi connectivity index (χ4v) is 6.48. The van der Waals surface area contributed by atoms with Crippen molar-refractivity contribution in [3.05, 3.63) is 82.0 Å². The highest BCUT2D eigenvalue weighted by Crippen LogP contribution is 2.35. The quantitative estimate of drug-likeness (QED) is 0.124. The van der Waals surface area contributed by atoms with Gasteiger partial charge in [-0.25, -0.2) is 9.59 Å². The Kier molecular flexibility index (Phi) is 12.5. The smallest absolute Gasteiger partial charge is 0.348 e. The Morgan fingerprint density at radius 3 is 2.26 bits per heavy atom. The van der Waals surface area contributed by atoms with Crippen molar-refractivity contribution in [1.29, 1.82) is 0 Å². The van der Waals surface area contributed by atoms with Gasteiger partial charge in [-0.3, -0.25) is 14.2 Å². The van der Waals surface area contributed by atoms with Crippen molar-refractivity contribution in [2.75, 3.05) is 25.1 Å². The summed E-state index contributed by atoms with van der Waals surface area (Å²) >= 11 is 2.10. The highest BCUT2D eigenvalue weighted by molar-refractivity contribution is 8.00. The zero-order chi connectivity index (χ0) is 33.9. The van der Waals surface area contributed by atoms with Crippen LogP contribution in [0.1, 0.15) is 64.7 Å². The van der Waals surface area contributed by atoms with Gasteiger partial charge in [-0.05, 0) is 70.0 Å². The van der Waals surface area contributed by atoms with Crippen LogP contribution in [0.15, 0.2) is 59.8 Å². The third-order valence-corrected chi connectivity index (χ3v) is 8.96. The molecule has 2 heterocycles. The summed E-state index contributed by atoms with van der Waals surface area (Å²) in [6.07, 6.45) is 0.213. The van der Waals surface area contributed by atoms with E-state index in [2.05, 4.69) is 20.8 Å². The number of thioether (sulfide) groups is 1. The Hall–Kier alpha value is -4.69. The monoisotopic (exact) mass is 679 g/mol. The molecule has 47 heavy (non-hydrogen) atoms. The predicted octanol–water partition coefficient (Wildman–Crippen LogP) is 5.37. The summed E-state index contributed by atoms with van der Waals surface area (Å²) in [5.74, 6) is -0.698. The molecule has 4 aromatic rings. The van der Waals surface area contributed by atoms with E-state index < -0.39 is 23.1 Å². The van der Waals surface area contributed by atoms with Crippen LogP contribution < -0.4 is 15.4 Å². The Bertz CT molecular complexity index is 1700. The minimum absolute atomic E-state index is 0.0982. The molecule has 0 fully saturated rings. The molecule has 0 unspecified atom stereocenters. The van der Waals surface area contributed by atoms with E-state index in [9.17, 15) is 19.2 Å². The number of rotatable bonds is 15. The molecule has 14 heteroatoms. The average Bonchev–Trinajstić information content (AvgIpc) is 3.61. The SMILES string of the molecule is CCOC(=O)c1sc(NC(=O)[C@H](C)Sc2nnc(CNC(=O)Cc3ccccc3)n2-c2ccc(OCC)cc2)c(C(=O)OCC)c1C. The number of anilines is 1. The van der Waals surface area contributed by atoms with Gasteiger partial charge in [0.15, 0.2) is 11.0 Å². The zero-order valence-corrected chi connectivity index (χ0v) is 28.5. The lowest BCUT2D eigenvalue weighted by atomic mass is 10.1. The van der Waals surface area contributed by atoms with Gasteiger partial charge in [0.2, 0.25) is 11.8 Å². The van der Waals surface area contributed by atoms with E-state index in [0.29, 0.717) is 34.6 Å². The van der Waals surface area contributed by atoms with E-state index in [1.54, 1.807) is 32.3 Å². The molecule has 0 spiro atoms. The van der Waals surface area contributed by atoms with Gasteiger partial charge in [-0.1, -0.05) is 42.1 Å². The zero-order valence-electron chi connectivity index (χ0n) is 26.8. The third-order valence-electron chi connectivity index (χ3n) is 6.73. The fraction of sp³-hybridized carbons (Fsp3) is 0.333. The molecule has 0 aliphatic rings. The molecule has 1 atom stereocenters. The number of carbonyl (C=O) groups is 4. The number of hydrogen-bond acceptors (Lipinski definition) is 11. The molecular formula is C33H37N5O7S2. The van der Waals surface area contributed by atoms with E-state index in [1.807, 2.05) is 61.5 Å². The lowest BCUT2D eigenvalue weighted by Crippen LogP contribution is -2.26. The lowest BCUT2D eigenvalue weighted by Gasteiger charge is -2.15. The van der Waals surface area contributed by atoms with Crippen molar-refractivity contribution in [3.63, 3.8) is 0 Å². The van der Waals surface area contributed by atoms with Crippen LogP contribution in [0, 0.1) is 6.92 Å². The van der Waals surface area contributed by atoms with Gasteiger partial charge in [-0.15, -0.1) is 21.5 Å². The first-order valence-corrected chi connectivity index (χ1v) is 16.8. The highest BCUT2D eigenvalue weighted by Gasteiger charge is 2.29. The number of nitrogens with zero attached hydrogens (tertiary/aromatic N) is 3. The lowest BCUT2D eigenvalue weighted by molar-refractivity contribution is -0.120. The second kappa shape index (κ2) is 16.7. The fourth-order valence-electron chi connectivity index (χ4n) is 4.50. The second-order valence-electron chi connectivity index (χ2n) is 10.1. The molecule has 248 valence electrons. The van der Waals surface area contributed by atoms with Gasteiger partial charge >= 0.3 is 11.9 Å². The van der Waals surface area contributed by atoms with E-state index in [1.165, 1.54) is 0 Å². The van der Waals surface area contributed by atoms with E-state index in [4.69, 9.17) is 14.2 Å². The number of hydrogen-bond donors (Lipinski definition) is 2. The van der Waals surface area contributed by atoms with Crippen molar-refractivity contribution in [2.24, 2.45) is 0 Å². The molecule has 0 bridgehead atoms. The molecule has 2 aromatic carbocycles. The summed E-state index contributed by atoms with van der Waals surface area (Å²) in [7, 11) is 0. The predicted molar refractivity (Wildman–Crippen MR) is 179 cm³/mol. The van der Waals surface area contributed by atoms with E-state index in [-0.39, 0.29) is 47.5 Å². The largest absolute Gasteiger partial charge is 0.494 e. The number of aromatic nitrogens is 3. The van der Waals surface area contributed by atoms with Crippen molar-refractivity contribution >= 4 is 51.9 Å². The standard InChI is InChI=1S/C33H37N5O7S2/c1-6-43-24-16-14-23(15-17-24)38-25(19-34-26(39)18-22-12-10-9-11-13-22)36-37-33(38)46-21(5)29(40)35-30-27(31(41)44-7-2)20(4)28(47-30)32(42)45-8-3/h9-17,21H,6-8,18-19H2,1-5H3,(H,34,39)(H,35,40)/t21-/m0/s1. The summed E-state index contributed by atoms with van der Waals surface area (Å²) < 4.78 is 17.7. The van der Waals surface area contributed by atoms with E-state index >= 15 is 0 Å². The first kappa shape index (κ1) is 35.2. The molecule has 0 radical (unpaired) electrons. The van der Waals surface area contributed by atoms with E-state index in [0.717, 1.165) is 28.7 Å². The minimum atomic E-state index is -0.718. The van der Waals surface area contributed by atoms with Crippen LogP contribution in [0.4, 0.5) is 5.00 Å². The Morgan fingerprint density at radius 2 is 1.60 bits per heavy atom. The minimum Gasteiger partial charge on any atom is -0.494 e. The molecule has 4 rings (SSSR count). The molecule has 0 saturated heterocycles. The first-order valence-electron chi connectivity index (χ1n) is 15.1. The number of benzene rings is 2. The molecular weight excluding hydrogens is 643 g/mol. The number of nitrogens with one attached hydrogen (secondary N) is 2. The first-order chi connectivity index (χ1) is 22.7. The molecule has 2 aromatic heterocycles. The van der Waals surface area contributed by atoms with Crippen LogP contribution in [0.3, 0.4) is 0 Å². The van der Waals surface area contributed by atoms with Gasteiger partial charge in [0.1, 0.15) is 15.6 Å². The molecule has 0 aliphatic carbocycles. The molecule has 12 nitrogen and oxygen atoms in total. The van der Waals surface area contributed by atoms with Crippen LogP contribution >= 0.6 is 23.1 Å². The summed E-state index contributed by atoms with van der Waals surface area (Å²) in [5.41, 5.74) is 2.07. The normalized spacial score (nSPS) is 11.4. The highest BCUT2D eigenvalue weighted by atomic mass is 32.2. The van der Waals surface area contributed by atoms with Crippen LogP contribution in [0.25, 0.3) is 5.69 Å². The number of esters is 2. The molecule has 0 aliphatic heterocycles. The van der Waals surface area contributed by atoms with Gasteiger partial charge in [0.05, 0.1) is 43.6 Å². The summed E-state index contributed by atoms with van der Waals surface area (Å²) in [6, 6.07) is 16.7. The van der Waals surface area contributed by atoms with Crippen LogP contribution in [0.2, 0.25) is 0 Å². The molecule has 2 N–H and O–H groups in total. The number of amides is 2. The maximum atomic E-state index is 13.5. The second-order valence-corrected chi connectivity index (χ2v) is 12.4. The van der Waals surface area contributed by atoms with Crippen molar-refractivity contribution < 1.29 is 33.4 Å². The van der Waals surface area contributed by atoms with Crippen molar-refractivity contribution in [1.82, 2.24) is 20.1 Å². The van der Waals surface area contributed by atoms with Crippen LogP contribution in [0.5, 0.6) is 5.75 Å².